The van der Waals surface area contributed by atoms with Gasteiger partial charge in [0.1, 0.15) is 5.75 Å². The second-order valence-electron chi connectivity index (χ2n) is 3.55. The van der Waals surface area contributed by atoms with E-state index in [0.717, 1.165) is 22.9 Å². The van der Waals surface area contributed by atoms with Crippen LogP contribution in [0.25, 0.3) is 17.1 Å². The van der Waals surface area contributed by atoms with Gasteiger partial charge in [-0.05, 0) is 34.1 Å². The minimum atomic E-state index is 0.692. The summed E-state index contributed by atoms with van der Waals surface area (Å²) in [6.45, 7) is 0. The topological polar surface area (TPSA) is 39.7 Å². The molecule has 4 nitrogen and oxygen atoms in total. The van der Waals surface area contributed by atoms with Gasteiger partial charge < -0.3 is 9.15 Å². The largest absolute Gasteiger partial charge is 0.497 e. The van der Waals surface area contributed by atoms with E-state index in [9.17, 15) is 0 Å². The van der Waals surface area contributed by atoms with Gasteiger partial charge in [-0.1, -0.05) is 0 Å². The van der Waals surface area contributed by atoms with E-state index >= 15 is 0 Å². The van der Waals surface area contributed by atoms with E-state index in [1.165, 1.54) is 0 Å². The van der Waals surface area contributed by atoms with E-state index in [1.807, 2.05) is 34.9 Å². The fourth-order valence-electron chi connectivity index (χ4n) is 1.72. The molecular formula is C12H9BrN2O2. The molecule has 0 aliphatic rings. The van der Waals surface area contributed by atoms with Crippen LogP contribution in [0.3, 0.4) is 0 Å². The van der Waals surface area contributed by atoms with Crippen LogP contribution in [0.4, 0.5) is 0 Å². The second kappa shape index (κ2) is 3.92. The van der Waals surface area contributed by atoms with Crippen molar-refractivity contribution in [3.05, 3.63) is 41.3 Å². The van der Waals surface area contributed by atoms with Crippen LogP contribution < -0.4 is 4.74 Å². The van der Waals surface area contributed by atoms with Gasteiger partial charge in [0.25, 0.3) is 0 Å². The predicted molar refractivity (Wildman–Crippen MR) is 67.1 cm³/mol. The normalized spacial score (nSPS) is 10.9. The Morgan fingerprint density at radius 2 is 2.24 bits per heavy atom. The van der Waals surface area contributed by atoms with Crippen molar-refractivity contribution in [3.8, 4) is 17.3 Å². The molecule has 0 aliphatic carbocycles. The molecule has 0 N–H and O–H groups in total. The van der Waals surface area contributed by atoms with Crippen LogP contribution in [-0.4, -0.2) is 16.5 Å². The summed E-state index contributed by atoms with van der Waals surface area (Å²) in [7, 11) is 1.65. The lowest BCUT2D eigenvalue weighted by Crippen LogP contribution is -1.89. The fourth-order valence-corrected chi connectivity index (χ4v) is 2.03. The fraction of sp³-hybridized carbons (Fsp3) is 0.0833. The molecule has 0 spiro atoms. The number of nitrogens with zero attached hydrogens (tertiary/aromatic N) is 2. The Balaban J connectivity index is 2.18. The molecule has 0 unspecified atom stereocenters. The zero-order valence-corrected chi connectivity index (χ0v) is 10.6. The molecule has 0 saturated carbocycles. The summed E-state index contributed by atoms with van der Waals surface area (Å²) >= 11 is 3.28. The maximum absolute atomic E-state index is 5.49. The van der Waals surface area contributed by atoms with E-state index in [0.29, 0.717) is 4.67 Å². The van der Waals surface area contributed by atoms with Crippen molar-refractivity contribution in [3.63, 3.8) is 0 Å². The van der Waals surface area contributed by atoms with Crippen molar-refractivity contribution >= 4 is 21.4 Å². The van der Waals surface area contributed by atoms with Crippen LogP contribution in [0.5, 0.6) is 5.75 Å². The molecule has 0 aromatic carbocycles. The summed E-state index contributed by atoms with van der Waals surface area (Å²) in [5.74, 6) is 2.31. The molecule has 5 heteroatoms. The van der Waals surface area contributed by atoms with E-state index in [4.69, 9.17) is 9.15 Å². The van der Waals surface area contributed by atoms with Crippen LogP contribution in [0.15, 0.2) is 45.7 Å². The van der Waals surface area contributed by atoms with Gasteiger partial charge in [0.2, 0.25) is 0 Å². The standard InChI is InChI=1S/C12H9BrN2O2/c1-16-9-4-5-15-8(6-9)7-14-12(15)10-2-3-11(13)17-10/h2-7H,1H3. The molecular weight excluding hydrogens is 284 g/mol. The quantitative estimate of drug-likeness (QED) is 0.727. The van der Waals surface area contributed by atoms with E-state index in [-0.39, 0.29) is 0 Å². The maximum atomic E-state index is 5.49. The van der Waals surface area contributed by atoms with Crippen LogP contribution in [0, 0.1) is 0 Å². The Morgan fingerprint density at radius 3 is 2.94 bits per heavy atom. The predicted octanol–water partition coefficient (Wildman–Crippen LogP) is 3.37. The smallest absolute Gasteiger partial charge is 0.180 e. The van der Waals surface area contributed by atoms with Gasteiger partial charge in [0.15, 0.2) is 16.3 Å². The number of pyridine rings is 1. The molecule has 0 fully saturated rings. The summed E-state index contributed by atoms with van der Waals surface area (Å²) in [6.07, 6.45) is 3.70. The third kappa shape index (κ3) is 1.72. The number of furan rings is 1. The Morgan fingerprint density at radius 1 is 1.35 bits per heavy atom. The number of aromatic nitrogens is 2. The van der Waals surface area contributed by atoms with E-state index in [1.54, 1.807) is 13.3 Å². The Bertz CT molecular complexity index is 672. The molecule has 0 aliphatic heterocycles. The van der Waals surface area contributed by atoms with Crippen molar-refractivity contribution < 1.29 is 9.15 Å². The van der Waals surface area contributed by atoms with Crippen LogP contribution in [0.2, 0.25) is 0 Å². The first-order chi connectivity index (χ1) is 8.28. The van der Waals surface area contributed by atoms with Gasteiger partial charge in [0.05, 0.1) is 18.8 Å². The molecule has 17 heavy (non-hydrogen) atoms. The molecule has 3 heterocycles. The van der Waals surface area contributed by atoms with E-state index < -0.39 is 0 Å². The molecule has 3 aromatic heterocycles. The van der Waals surface area contributed by atoms with Crippen molar-refractivity contribution in [2.45, 2.75) is 0 Å². The highest BCUT2D eigenvalue weighted by molar-refractivity contribution is 9.10. The third-order valence-corrected chi connectivity index (χ3v) is 2.96. The number of halogens is 1. The third-order valence-electron chi connectivity index (χ3n) is 2.53. The monoisotopic (exact) mass is 292 g/mol. The minimum Gasteiger partial charge on any atom is -0.497 e. The Hall–Kier alpha value is -1.75. The van der Waals surface area contributed by atoms with Crippen molar-refractivity contribution in [2.75, 3.05) is 7.11 Å². The van der Waals surface area contributed by atoms with Crippen molar-refractivity contribution in [1.29, 1.82) is 0 Å². The van der Waals surface area contributed by atoms with Crippen LogP contribution in [0.1, 0.15) is 0 Å². The first kappa shape index (κ1) is 10.4. The Labute approximate surface area is 106 Å². The van der Waals surface area contributed by atoms with Gasteiger partial charge in [-0.25, -0.2) is 4.98 Å². The summed E-state index contributed by atoms with van der Waals surface area (Å²) in [5.41, 5.74) is 0.965. The Kier molecular flexibility index (Phi) is 2.40. The molecule has 0 bridgehead atoms. The highest BCUT2D eigenvalue weighted by Crippen LogP contribution is 2.26. The number of fused-ring (bicyclic) bond motifs is 1. The van der Waals surface area contributed by atoms with E-state index in [2.05, 4.69) is 20.9 Å². The first-order valence-corrected chi connectivity index (χ1v) is 5.84. The van der Waals surface area contributed by atoms with Crippen molar-refractivity contribution in [1.82, 2.24) is 9.38 Å². The highest BCUT2D eigenvalue weighted by Gasteiger charge is 2.10. The summed E-state index contributed by atoms with van der Waals surface area (Å²) in [5, 5.41) is 0. The zero-order chi connectivity index (χ0) is 11.8. The lowest BCUT2D eigenvalue weighted by atomic mass is 10.4. The molecule has 86 valence electrons. The molecule has 0 saturated heterocycles. The molecule has 0 atom stereocenters. The number of imidazole rings is 1. The average Bonchev–Trinajstić information content (AvgIpc) is 2.93. The summed E-state index contributed by atoms with van der Waals surface area (Å²) in [6, 6.07) is 7.54. The van der Waals surface area contributed by atoms with Gasteiger partial charge in [-0.15, -0.1) is 0 Å². The van der Waals surface area contributed by atoms with Gasteiger partial charge in [-0.2, -0.15) is 0 Å². The van der Waals surface area contributed by atoms with Gasteiger partial charge in [0, 0.05) is 12.3 Å². The summed E-state index contributed by atoms with van der Waals surface area (Å²) in [4.78, 5) is 4.35. The number of rotatable bonds is 2. The minimum absolute atomic E-state index is 0.692. The zero-order valence-electron chi connectivity index (χ0n) is 9.05. The van der Waals surface area contributed by atoms with Gasteiger partial charge in [-0.3, -0.25) is 4.40 Å². The highest BCUT2D eigenvalue weighted by atomic mass is 79.9. The van der Waals surface area contributed by atoms with Gasteiger partial charge >= 0.3 is 0 Å². The molecule has 0 amide bonds. The number of hydrogen-bond donors (Lipinski definition) is 0. The molecule has 3 rings (SSSR count). The molecule has 0 radical (unpaired) electrons. The van der Waals surface area contributed by atoms with Crippen molar-refractivity contribution in [2.24, 2.45) is 0 Å². The maximum Gasteiger partial charge on any atom is 0.180 e. The SMILES string of the molecule is COc1ccn2c(-c3ccc(Br)o3)ncc2c1. The number of ether oxygens (including phenoxy) is 1. The lowest BCUT2D eigenvalue weighted by molar-refractivity contribution is 0.414. The average molecular weight is 293 g/mol. The lowest BCUT2D eigenvalue weighted by Gasteiger charge is -2.01. The second-order valence-corrected chi connectivity index (χ2v) is 4.33. The van der Waals surface area contributed by atoms with Crippen LogP contribution in [-0.2, 0) is 0 Å². The first-order valence-electron chi connectivity index (χ1n) is 5.05. The molecule has 3 aromatic rings. The number of hydrogen-bond acceptors (Lipinski definition) is 3. The van der Waals surface area contributed by atoms with Crippen LogP contribution >= 0.6 is 15.9 Å². The summed E-state index contributed by atoms with van der Waals surface area (Å²) < 4.78 is 13.3. The number of methoxy groups -OCH3 is 1.